The molecule has 6 nitrogen and oxygen atoms in total. The Balaban J connectivity index is 1.71. The molecular formula is C19H23N3O3. The fourth-order valence-electron chi connectivity index (χ4n) is 2.27. The van der Waals surface area contributed by atoms with E-state index < -0.39 is 6.03 Å². The molecule has 0 fully saturated rings. The van der Waals surface area contributed by atoms with E-state index in [1.165, 1.54) is 6.21 Å². The maximum Gasteiger partial charge on any atom is 0.332 e. The minimum absolute atomic E-state index is 0.571. The minimum atomic E-state index is -0.695. The van der Waals surface area contributed by atoms with E-state index in [0.717, 1.165) is 34.6 Å². The molecule has 0 aliphatic rings. The molecule has 0 radical (unpaired) electrons. The number of nitrogens with two attached hydrogens (primary N) is 1. The Morgan fingerprint density at radius 1 is 1.08 bits per heavy atom. The molecule has 0 spiro atoms. The molecule has 25 heavy (non-hydrogen) atoms. The Labute approximate surface area is 147 Å². The van der Waals surface area contributed by atoms with Crippen LogP contribution in [-0.2, 0) is 0 Å². The van der Waals surface area contributed by atoms with Gasteiger partial charge >= 0.3 is 6.03 Å². The largest absolute Gasteiger partial charge is 0.493 e. The van der Waals surface area contributed by atoms with Crippen LogP contribution in [0.2, 0.25) is 0 Å². The highest BCUT2D eigenvalue weighted by Gasteiger charge is 2.02. The lowest BCUT2D eigenvalue weighted by Gasteiger charge is -2.12. The van der Waals surface area contributed by atoms with Crippen molar-refractivity contribution >= 4 is 12.2 Å². The van der Waals surface area contributed by atoms with Crippen LogP contribution in [0.1, 0.15) is 23.1 Å². The van der Waals surface area contributed by atoms with Crippen molar-refractivity contribution in [3.63, 3.8) is 0 Å². The van der Waals surface area contributed by atoms with Gasteiger partial charge in [-0.2, -0.15) is 5.10 Å². The van der Waals surface area contributed by atoms with Crippen molar-refractivity contribution in [3.8, 4) is 11.5 Å². The van der Waals surface area contributed by atoms with Crippen LogP contribution in [0.3, 0.4) is 0 Å². The highest BCUT2D eigenvalue weighted by molar-refractivity contribution is 5.81. The number of hydrazone groups is 1. The fraction of sp³-hybridized carbons (Fsp3) is 0.263. The summed E-state index contributed by atoms with van der Waals surface area (Å²) in [6, 6.07) is 12.8. The molecule has 0 bridgehead atoms. The van der Waals surface area contributed by atoms with Gasteiger partial charge in [0, 0.05) is 6.42 Å². The molecule has 0 atom stereocenters. The Bertz CT molecular complexity index is 707. The van der Waals surface area contributed by atoms with Gasteiger partial charge in [0.25, 0.3) is 0 Å². The zero-order valence-electron chi connectivity index (χ0n) is 14.5. The molecule has 2 amide bonds. The summed E-state index contributed by atoms with van der Waals surface area (Å²) in [5.41, 5.74) is 10.2. The molecule has 0 aliphatic carbocycles. The standard InChI is InChI=1S/C19H23N3O3/c1-14-5-3-6-15(2)18(14)25-12-4-11-24-17-9-7-16(8-10-17)13-21-22-19(20)23/h3,5-10,13H,4,11-12H2,1-2H3,(H3,20,22,23). The van der Waals surface area contributed by atoms with Crippen molar-refractivity contribution in [1.29, 1.82) is 0 Å². The van der Waals surface area contributed by atoms with Gasteiger partial charge in [0.2, 0.25) is 0 Å². The van der Waals surface area contributed by atoms with E-state index in [1.807, 2.05) is 56.3 Å². The number of aryl methyl sites for hydroxylation is 2. The third-order valence-corrected chi connectivity index (χ3v) is 3.48. The van der Waals surface area contributed by atoms with Crippen molar-refractivity contribution in [2.24, 2.45) is 10.8 Å². The van der Waals surface area contributed by atoms with Crippen molar-refractivity contribution in [3.05, 3.63) is 59.2 Å². The molecule has 0 heterocycles. The summed E-state index contributed by atoms with van der Waals surface area (Å²) in [6.45, 7) is 5.27. The van der Waals surface area contributed by atoms with Crippen molar-refractivity contribution in [1.82, 2.24) is 5.43 Å². The van der Waals surface area contributed by atoms with Crippen LogP contribution in [0.25, 0.3) is 0 Å². The quantitative estimate of drug-likeness (QED) is 0.439. The van der Waals surface area contributed by atoms with E-state index in [1.54, 1.807) is 0 Å². The SMILES string of the molecule is Cc1cccc(C)c1OCCCOc1ccc(C=NNC(N)=O)cc1. The number of para-hydroxylation sites is 1. The highest BCUT2D eigenvalue weighted by atomic mass is 16.5. The summed E-state index contributed by atoms with van der Waals surface area (Å²) in [6.07, 6.45) is 2.30. The summed E-state index contributed by atoms with van der Waals surface area (Å²) in [5, 5.41) is 3.69. The zero-order chi connectivity index (χ0) is 18.1. The van der Waals surface area contributed by atoms with E-state index in [4.69, 9.17) is 15.2 Å². The summed E-state index contributed by atoms with van der Waals surface area (Å²) in [7, 11) is 0. The lowest BCUT2D eigenvalue weighted by atomic mass is 10.1. The van der Waals surface area contributed by atoms with Gasteiger partial charge in [-0.15, -0.1) is 0 Å². The van der Waals surface area contributed by atoms with Crippen LogP contribution in [0.15, 0.2) is 47.6 Å². The summed E-state index contributed by atoms with van der Waals surface area (Å²) < 4.78 is 11.5. The van der Waals surface area contributed by atoms with Crippen LogP contribution < -0.4 is 20.6 Å². The smallest absolute Gasteiger partial charge is 0.332 e. The van der Waals surface area contributed by atoms with Gasteiger partial charge < -0.3 is 15.2 Å². The Kier molecular flexibility index (Phi) is 6.83. The zero-order valence-corrected chi connectivity index (χ0v) is 14.5. The van der Waals surface area contributed by atoms with E-state index in [-0.39, 0.29) is 0 Å². The average Bonchev–Trinajstić information content (AvgIpc) is 2.58. The monoisotopic (exact) mass is 341 g/mol. The van der Waals surface area contributed by atoms with Gasteiger partial charge in [0.15, 0.2) is 0 Å². The van der Waals surface area contributed by atoms with Crippen LogP contribution in [0.4, 0.5) is 4.79 Å². The van der Waals surface area contributed by atoms with Crippen LogP contribution in [-0.4, -0.2) is 25.5 Å². The lowest BCUT2D eigenvalue weighted by Crippen LogP contribution is -2.24. The normalized spacial score (nSPS) is 10.6. The molecule has 2 rings (SSSR count). The number of nitrogens with one attached hydrogen (secondary N) is 1. The molecule has 132 valence electrons. The number of urea groups is 1. The molecule has 0 aliphatic heterocycles. The average molecular weight is 341 g/mol. The lowest BCUT2D eigenvalue weighted by molar-refractivity contribution is 0.245. The predicted molar refractivity (Wildman–Crippen MR) is 98.3 cm³/mol. The molecule has 3 N–H and O–H groups in total. The Morgan fingerprint density at radius 2 is 1.72 bits per heavy atom. The number of carbonyl (C=O) groups excluding carboxylic acids is 1. The molecule has 0 unspecified atom stereocenters. The number of hydrogen-bond donors (Lipinski definition) is 2. The maximum atomic E-state index is 10.5. The number of benzene rings is 2. The summed E-state index contributed by atoms with van der Waals surface area (Å²) >= 11 is 0. The molecule has 0 saturated carbocycles. The first-order valence-corrected chi connectivity index (χ1v) is 8.06. The van der Waals surface area contributed by atoms with E-state index >= 15 is 0 Å². The number of primary amides is 1. The van der Waals surface area contributed by atoms with Gasteiger partial charge in [-0.05, 0) is 54.8 Å². The first kappa shape index (κ1) is 18.3. The number of hydrogen-bond acceptors (Lipinski definition) is 4. The highest BCUT2D eigenvalue weighted by Crippen LogP contribution is 2.22. The van der Waals surface area contributed by atoms with Gasteiger partial charge in [-0.25, -0.2) is 10.2 Å². The maximum absolute atomic E-state index is 10.5. The predicted octanol–water partition coefficient (Wildman–Crippen LogP) is 3.15. The second kappa shape index (κ2) is 9.32. The third-order valence-electron chi connectivity index (χ3n) is 3.48. The number of nitrogens with zero attached hydrogens (tertiary/aromatic N) is 1. The topological polar surface area (TPSA) is 85.9 Å². The molecular weight excluding hydrogens is 318 g/mol. The van der Waals surface area contributed by atoms with Crippen LogP contribution in [0, 0.1) is 13.8 Å². The van der Waals surface area contributed by atoms with Gasteiger partial charge in [0.1, 0.15) is 11.5 Å². The van der Waals surface area contributed by atoms with Gasteiger partial charge in [0.05, 0.1) is 19.4 Å². The molecule has 0 saturated heterocycles. The van der Waals surface area contributed by atoms with Gasteiger partial charge in [-0.3, -0.25) is 0 Å². The first-order valence-electron chi connectivity index (χ1n) is 8.06. The first-order chi connectivity index (χ1) is 12.1. The molecule has 0 aromatic heterocycles. The summed E-state index contributed by atoms with van der Waals surface area (Å²) in [5.74, 6) is 1.72. The third kappa shape index (κ3) is 6.18. The van der Waals surface area contributed by atoms with Crippen LogP contribution in [0.5, 0.6) is 11.5 Å². The van der Waals surface area contributed by atoms with Crippen molar-refractivity contribution in [2.45, 2.75) is 20.3 Å². The van der Waals surface area contributed by atoms with E-state index in [0.29, 0.717) is 13.2 Å². The van der Waals surface area contributed by atoms with E-state index in [2.05, 4.69) is 10.5 Å². The Morgan fingerprint density at radius 3 is 2.36 bits per heavy atom. The molecule has 2 aromatic carbocycles. The second-order valence-electron chi connectivity index (χ2n) is 5.57. The number of amides is 2. The van der Waals surface area contributed by atoms with Crippen molar-refractivity contribution < 1.29 is 14.3 Å². The van der Waals surface area contributed by atoms with Crippen LogP contribution >= 0.6 is 0 Å². The van der Waals surface area contributed by atoms with E-state index in [9.17, 15) is 4.79 Å². The summed E-state index contributed by atoms with van der Waals surface area (Å²) in [4.78, 5) is 10.5. The minimum Gasteiger partial charge on any atom is -0.493 e. The number of rotatable bonds is 8. The van der Waals surface area contributed by atoms with Gasteiger partial charge in [-0.1, -0.05) is 18.2 Å². The number of carbonyl (C=O) groups is 1. The number of ether oxygens (including phenoxy) is 2. The Hall–Kier alpha value is -3.02. The molecule has 2 aromatic rings. The molecule has 6 heteroatoms. The fourth-order valence-corrected chi connectivity index (χ4v) is 2.27. The van der Waals surface area contributed by atoms with Crippen molar-refractivity contribution in [2.75, 3.05) is 13.2 Å². The second-order valence-corrected chi connectivity index (χ2v) is 5.57.